The number of nitriles is 1. The molecule has 0 bridgehead atoms. The molecule has 0 aliphatic rings. The molecule has 0 saturated carbocycles. The van der Waals surface area contributed by atoms with Gasteiger partial charge in [0.05, 0.1) is 21.3 Å². The number of nitrogens with zero attached hydrogens (tertiary/aromatic N) is 3. The van der Waals surface area contributed by atoms with Gasteiger partial charge < -0.3 is 15.2 Å². The van der Waals surface area contributed by atoms with E-state index in [0.29, 0.717) is 41.1 Å². The first-order chi connectivity index (χ1) is 17.0. The van der Waals surface area contributed by atoms with Crippen molar-refractivity contribution in [1.29, 1.82) is 5.26 Å². The van der Waals surface area contributed by atoms with Gasteiger partial charge in [0.15, 0.2) is 4.91 Å². The predicted octanol–water partition coefficient (Wildman–Crippen LogP) is 4.24. The van der Waals surface area contributed by atoms with Crippen molar-refractivity contribution in [2.24, 2.45) is 0 Å². The molecule has 0 atom stereocenters. The van der Waals surface area contributed by atoms with Crippen LogP contribution in [-0.2, 0) is 21.3 Å². The van der Waals surface area contributed by atoms with Crippen LogP contribution in [0.5, 0.6) is 0 Å². The first kappa shape index (κ1) is 26.9. The highest BCUT2D eigenvalue weighted by Gasteiger charge is 2.25. The van der Waals surface area contributed by atoms with E-state index in [1.165, 1.54) is 18.4 Å². The largest absolute Gasteiger partial charge is 0.369 e. The Labute approximate surface area is 218 Å². The Morgan fingerprint density at radius 2 is 1.74 bits per heavy atom. The number of pyridine rings is 1. The van der Waals surface area contributed by atoms with Gasteiger partial charge in [0.1, 0.15) is 18.2 Å². The summed E-state index contributed by atoms with van der Waals surface area (Å²) < 4.78 is 31.1. The number of sulfone groups is 1. The Hall–Kier alpha value is -2.65. The van der Waals surface area contributed by atoms with Crippen LogP contribution < -0.4 is 10.6 Å². The van der Waals surface area contributed by atoms with Gasteiger partial charge >= 0.3 is 0 Å². The molecule has 3 aromatic rings. The third kappa shape index (κ3) is 8.21. The summed E-state index contributed by atoms with van der Waals surface area (Å²) >= 11 is 9.37. The van der Waals surface area contributed by atoms with Crippen molar-refractivity contribution in [3.05, 3.63) is 88.1 Å². The fourth-order valence-corrected chi connectivity index (χ4v) is 5.98. The first-order valence-electron chi connectivity index (χ1n) is 10.6. The van der Waals surface area contributed by atoms with Crippen LogP contribution in [0.3, 0.4) is 0 Å². The molecule has 0 aliphatic heterocycles. The van der Waals surface area contributed by atoms with Crippen molar-refractivity contribution in [3.8, 4) is 6.07 Å². The number of hydrogen-bond donors (Lipinski definition) is 2. The zero-order chi connectivity index (χ0) is 24.9. The smallest absolute Gasteiger partial charge is 0.220 e. The molecular weight excluding hydrogens is 526 g/mol. The minimum absolute atomic E-state index is 0.0669. The Kier molecular flexibility index (Phi) is 10.8. The minimum Gasteiger partial charge on any atom is -0.369 e. The van der Waals surface area contributed by atoms with Gasteiger partial charge in [-0.15, -0.1) is 0 Å². The molecular formula is C23H24ClN5O3S3. The molecule has 0 unspecified atom stereocenters. The minimum atomic E-state index is -3.99. The third-order valence-electron chi connectivity index (χ3n) is 4.56. The van der Waals surface area contributed by atoms with Crippen molar-refractivity contribution >= 4 is 45.0 Å². The van der Waals surface area contributed by atoms with Gasteiger partial charge in [0, 0.05) is 48.4 Å². The summed E-state index contributed by atoms with van der Waals surface area (Å²) in [4.78, 5) is 3.99. The van der Waals surface area contributed by atoms with E-state index < -0.39 is 9.84 Å². The number of hydrogen-bond acceptors (Lipinski definition) is 10. The molecule has 0 saturated heterocycles. The van der Waals surface area contributed by atoms with E-state index in [2.05, 4.69) is 20.8 Å². The van der Waals surface area contributed by atoms with Crippen LogP contribution in [0.15, 0.2) is 81.1 Å². The second-order valence-corrected chi connectivity index (χ2v) is 11.5. The highest BCUT2D eigenvalue weighted by molar-refractivity contribution is 7.98. The molecule has 184 valence electrons. The lowest BCUT2D eigenvalue weighted by Crippen LogP contribution is -2.32. The van der Waals surface area contributed by atoms with E-state index in [1.54, 1.807) is 66.1 Å². The molecule has 0 aliphatic carbocycles. The van der Waals surface area contributed by atoms with Gasteiger partial charge in [-0.25, -0.2) is 8.42 Å². The Bertz CT molecular complexity index is 1250. The fourth-order valence-electron chi connectivity index (χ4n) is 2.87. The predicted molar refractivity (Wildman–Crippen MR) is 140 cm³/mol. The average Bonchev–Trinajstić information content (AvgIpc) is 3.38. The highest BCUT2D eigenvalue weighted by atomic mass is 35.5. The summed E-state index contributed by atoms with van der Waals surface area (Å²) in [7, 11) is -3.99. The number of benzene rings is 1. The van der Waals surface area contributed by atoms with Gasteiger partial charge in [-0.05, 0) is 24.3 Å². The topological polar surface area (TPSA) is 121 Å². The second kappa shape index (κ2) is 14.0. The van der Waals surface area contributed by atoms with E-state index in [-0.39, 0.29) is 15.6 Å². The van der Waals surface area contributed by atoms with Gasteiger partial charge in [-0.1, -0.05) is 35.0 Å². The van der Waals surface area contributed by atoms with Crippen LogP contribution in [0.1, 0.15) is 11.4 Å². The van der Waals surface area contributed by atoms with Gasteiger partial charge in [0.2, 0.25) is 9.84 Å². The summed E-state index contributed by atoms with van der Waals surface area (Å²) in [6, 6.07) is 15.2. The SMILES string of the molecule is N#C/C(=C(/NCCSCc1ccon1)NCCSCc1ncccc1Cl)S(=O)(=O)c1ccccc1. The first-order valence-corrected chi connectivity index (χ1v) is 14.8. The van der Waals surface area contributed by atoms with E-state index in [1.807, 2.05) is 6.07 Å². The lowest BCUT2D eigenvalue weighted by Gasteiger charge is -2.16. The molecule has 35 heavy (non-hydrogen) atoms. The number of thioether (sulfide) groups is 2. The molecule has 2 heterocycles. The molecule has 0 fully saturated rings. The Morgan fingerprint density at radius 1 is 1.03 bits per heavy atom. The van der Waals surface area contributed by atoms with Gasteiger partial charge in [-0.3, -0.25) is 4.98 Å². The summed E-state index contributed by atoms with van der Waals surface area (Å²) in [5.41, 5.74) is 1.62. The summed E-state index contributed by atoms with van der Waals surface area (Å²) in [6.45, 7) is 0.899. The van der Waals surface area contributed by atoms with Crippen LogP contribution >= 0.6 is 35.1 Å². The summed E-state index contributed by atoms with van der Waals surface area (Å²) in [6.07, 6.45) is 3.21. The summed E-state index contributed by atoms with van der Waals surface area (Å²) in [5, 5.41) is 20.5. The fraction of sp³-hybridized carbons (Fsp3) is 0.261. The van der Waals surface area contributed by atoms with Gasteiger partial charge in [-0.2, -0.15) is 28.8 Å². The molecule has 0 spiro atoms. The number of rotatable bonds is 14. The van der Waals surface area contributed by atoms with Crippen LogP contribution in [-0.4, -0.2) is 43.2 Å². The standard InChI is InChI=1S/C23H24ClN5O3S3/c24-20-7-4-9-26-21(20)17-34-14-11-28-23(27-10-13-33-16-18-8-12-32-29-18)22(15-25)35(30,31)19-5-2-1-3-6-19/h1-9,12,27-28H,10-11,13-14,16-17H2/b23-22+. The maximum atomic E-state index is 13.1. The highest BCUT2D eigenvalue weighted by Crippen LogP contribution is 2.21. The zero-order valence-corrected chi connectivity index (χ0v) is 21.9. The van der Waals surface area contributed by atoms with Crippen molar-refractivity contribution in [1.82, 2.24) is 20.8 Å². The van der Waals surface area contributed by atoms with Crippen LogP contribution in [0.4, 0.5) is 0 Å². The molecule has 2 N–H and O–H groups in total. The molecule has 1 aromatic carbocycles. The van der Waals surface area contributed by atoms with Crippen LogP contribution in [0, 0.1) is 11.3 Å². The lowest BCUT2D eigenvalue weighted by molar-refractivity contribution is 0.414. The second-order valence-electron chi connectivity index (χ2n) is 7.01. The Balaban J connectivity index is 1.64. The molecule has 0 radical (unpaired) electrons. The monoisotopic (exact) mass is 549 g/mol. The van der Waals surface area contributed by atoms with E-state index in [4.69, 9.17) is 16.1 Å². The van der Waals surface area contributed by atoms with E-state index in [0.717, 1.165) is 11.4 Å². The summed E-state index contributed by atoms with van der Waals surface area (Å²) in [5.74, 6) is 2.82. The van der Waals surface area contributed by atoms with Crippen molar-refractivity contribution in [3.63, 3.8) is 0 Å². The lowest BCUT2D eigenvalue weighted by atomic mass is 10.4. The maximum absolute atomic E-state index is 13.1. The normalized spacial score (nSPS) is 12.0. The molecule has 12 heteroatoms. The van der Waals surface area contributed by atoms with E-state index >= 15 is 0 Å². The van der Waals surface area contributed by atoms with E-state index in [9.17, 15) is 13.7 Å². The third-order valence-corrected chi connectivity index (χ3v) is 8.59. The molecule has 8 nitrogen and oxygen atoms in total. The average molecular weight is 550 g/mol. The molecule has 3 rings (SSSR count). The Morgan fingerprint density at radius 3 is 2.37 bits per heavy atom. The molecule has 0 amide bonds. The maximum Gasteiger partial charge on any atom is 0.220 e. The zero-order valence-electron chi connectivity index (χ0n) is 18.7. The number of nitrogens with one attached hydrogen (secondary N) is 2. The van der Waals surface area contributed by atoms with Crippen LogP contribution in [0.25, 0.3) is 0 Å². The van der Waals surface area contributed by atoms with Crippen molar-refractivity contribution in [2.45, 2.75) is 16.4 Å². The van der Waals surface area contributed by atoms with Gasteiger partial charge in [0.25, 0.3) is 0 Å². The van der Waals surface area contributed by atoms with Crippen LogP contribution in [0.2, 0.25) is 5.02 Å². The number of halogens is 1. The number of allylic oxidation sites excluding steroid dienone is 1. The quantitative estimate of drug-likeness (QED) is 0.223. The van der Waals surface area contributed by atoms with Crippen molar-refractivity contribution < 1.29 is 12.9 Å². The number of aromatic nitrogens is 2. The molecule has 2 aromatic heterocycles. The van der Waals surface area contributed by atoms with Crippen molar-refractivity contribution in [2.75, 3.05) is 24.6 Å².